The zero-order valence-corrected chi connectivity index (χ0v) is 9.95. The second kappa shape index (κ2) is 7.92. The number of likely N-dealkylation sites (N-methyl/N-ethyl adjacent to an activating group) is 1. The number of carbonyl (C=O) groups is 3. The molecule has 16 heavy (non-hydrogen) atoms. The summed E-state index contributed by atoms with van der Waals surface area (Å²) in [5, 5.41) is 0. The molecule has 0 aliphatic heterocycles. The van der Waals surface area contributed by atoms with Gasteiger partial charge in [-0.3, -0.25) is 9.59 Å². The molecule has 0 aromatic rings. The molecule has 0 unspecified atom stereocenters. The highest BCUT2D eigenvalue weighted by Gasteiger charge is 2.14. The minimum atomic E-state index is -0.686. The van der Waals surface area contributed by atoms with Gasteiger partial charge in [-0.2, -0.15) is 0 Å². The average Bonchev–Trinajstić information content (AvgIpc) is 2.25. The lowest BCUT2D eigenvalue weighted by Crippen LogP contribution is -2.34. The third-order valence-electron chi connectivity index (χ3n) is 1.56. The van der Waals surface area contributed by atoms with Gasteiger partial charge in [0.1, 0.15) is 12.4 Å². The first-order chi connectivity index (χ1) is 7.51. The van der Waals surface area contributed by atoms with Gasteiger partial charge in [0.15, 0.2) is 6.61 Å². The van der Waals surface area contributed by atoms with E-state index in [0.29, 0.717) is 0 Å². The van der Waals surface area contributed by atoms with Crippen molar-refractivity contribution in [3.8, 4) is 0 Å². The number of halogens is 1. The van der Waals surface area contributed by atoms with Crippen LogP contribution in [0.1, 0.15) is 6.92 Å². The first-order valence-electron chi connectivity index (χ1n) is 4.62. The van der Waals surface area contributed by atoms with Crippen molar-refractivity contribution in [1.29, 1.82) is 0 Å². The van der Waals surface area contributed by atoms with Crippen molar-refractivity contribution >= 4 is 29.4 Å². The summed E-state index contributed by atoms with van der Waals surface area (Å²) >= 11 is 5.28. The Morgan fingerprint density at radius 3 is 2.31 bits per heavy atom. The maximum atomic E-state index is 11.1. The topological polar surface area (TPSA) is 72.9 Å². The van der Waals surface area contributed by atoms with Crippen LogP contribution < -0.4 is 0 Å². The standard InChI is InChI=1S/C9H14ClNO5/c1-3-15-9(14)6-16-8(13)5-11(2)7(12)4-10/h3-6H2,1-2H3. The zero-order valence-electron chi connectivity index (χ0n) is 9.19. The van der Waals surface area contributed by atoms with Crippen LogP contribution in [0.15, 0.2) is 0 Å². The predicted molar refractivity (Wildman–Crippen MR) is 55.9 cm³/mol. The summed E-state index contributed by atoms with van der Waals surface area (Å²) in [7, 11) is 1.41. The molecule has 0 radical (unpaired) electrons. The molecule has 92 valence electrons. The normalized spacial score (nSPS) is 9.44. The number of amides is 1. The largest absolute Gasteiger partial charge is 0.463 e. The van der Waals surface area contributed by atoms with Crippen molar-refractivity contribution in [2.45, 2.75) is 6.92 Å². The molecule has 6 nitrogen and oxygen atoms in total. The summed E-state index contributed by atoms with van der Waals surface area (Å²) < 4.78 is 9.12. The Hall–Kier alpha value is -1.30. The molecule has 0 aromatic heterocycles. The monoisotopic (exact) mass is 251 g/mol. The highest BCUT2D eigenvalue weighted by molar-refractivity contribution is 6.27. The van der Waals surface area contributed by atoms with Gasteiger partial charge in [-0.05, 0) is 6.92 Å². The predicted octanol–water partition coefficient (Wildman–Crippen LogP) is -0.210. The van der Waals surface area contributed by atoms with Crippen molar-refractivity contribution in [3.05, 3.63) is 0 Å². The van der Waals surface area contributed by atoms with Crippen LogP contribution in [-0.2, 0) is 23.9 Å². The van der Waals surface area contributed by atoms with E-state index in [2.05, 4.69) is 9.47 Å². The molecule has 0 saturated carbocycles. The van der Waals surface area contributed by atoms with Gasteiger partial charge in [0.2, 0.25) is 5.91 Å². The number of rotatable bonds is 6. The molecule has 0 saturated heterocycles. The highest BCUT2D eigenvalue weighted by atomic mass is 35.5. The minimum absolute atomic E-state index is 0.207. The maximum absolute atomic E-state index is 11.1. The molecule has 0 rings (SSSR count). The second-order valence-corrected chi connectivity index (χ2v) is 3.12. The van der Waals surface area contributed by atoms with Gasteiger partial charge in [0, 0.05) is 7.05 Å². The summed E-state index contributed by atoms with van der Waals surface area (Å²) in [6.07, 6.45) is 0. The van der Waals surface area contributed by atoms with Crippen molar-refractivity contribution < 1.29 is 23.9 Å². The summed E-state index contributed by atoms with van der Waals surface area (Å²) in [6, 6.07) is 0. The number of esters is 2. The van der Waals surface area contributed by atoms with Gasteiger partial charge in [-0.1, -0.05) is 0 Å². The molecule has 0 aliphatic rings. The van der Waals surface area contributed by atoms with Crippen LogP contribution in [0.4, 0.5) is 0 Å². The Morgan fingerprint density at radius 2 is 1.81 bits per heavy atom. The SMILES string of the molecule is CCOC(=O)COC(=O)CN(C)C(=O)CCl. The second-order valence-electron chi connectivity index (χ2n) is 2.85. The van der Waals surface area contributed by atoms with Crippen LogP contribution in [-0.4, -0.2) is 55.4 Å². The summed E-state index contributed by atoms with van der Waals surface area (Å²) in [5.74, 6) is -1.91. The minimum Gasteiger partial charge on any atom is -0.463 e. The molecule has 0 heterocycles. The zero-order chi connectivity index (χ0) is 12.6. The van der Waals surface area contributed by atoms with E-state index in [1.165, 1.54) is 7.05 Å². The van der Waals surface area contributed by atoms with Crippen LogP contribution in [0.2, 0.25) is 0 Å². The third kappa shape index (κ3) is 6.23. The Bertz CT molecular complexity index is 269. The van der Waals surface area contributed by atoms with E-state index in [9.17, 15) is 14.4 Å². The van der Waals surface area contributed by atoms with Crippen LogP contribution in [0, 0.1) is 0 Å². The van der Waals surface area contributed by atoms with Crippen molar-refractivity contribution in [1.82, 2.24) is 4.90 Å². The van der Waals surface area contributed by atoms with Crippen molar-refractivity contribution in [3.63, 3.8) is 0 Å². The number of carbonyl (C=O) groups excluding carboxylic acids is 3. The van der Waals surface area contributed by atoms with Crippen molar-refractivity contribution in [2.75, 3.05) is 32.7 Å². The third-order valence-corrected chi connectivity index (χ3v) is 1.79. The summed E-state index contributed by atoms with van der Waals surface area (Å²) in [5.41, 5.74) is 0. The van der Waals surface area contributed by atoms with E-state index in [1.807, 2.05) is 0 Å². The molecule has 7 heteroatoms. The lowest BCUT2D eigenvalue weighted by atomic mass is 10.5. The van der Waals surface area contributed by atoms with Crippen LogP contribution in [0.5, 0.6) is 0 Å². The molecule has 0 atom stereocenters. The lowest BCUT2D eigenvalue weighted by Gasteiger charge is -2.14. The van der Waals surface area contributed by atoms with E-state index in [1.54, 1.807) is 6.92 Å². The van der Waals surface area contributed by atoms with Gasteiger partial charge >= 0.3 is 11.9 Å². The fourth-order valence-corrected chi connectivity index (χ4v) is 0.976. The Labute approximate surface area is 98.4 Å². The first-order valence-corrected chi connectivity index (χ1v) is 5.15. The average molecular weight is 252 g/mol. The van der Waals surface area contributed by atoms with E-state index < -0.39 is 24.5 Å². The van der Waals surface area contributed by atoms with Crippen LogP contribution >= 0.6 is 11.6 Å². The van der Waals surface area contributed by atoms with Gasteiger partial charge in [-0.25, -0.2) is 4.79 Å². The molecule has 0 aliphatic carbocycles. The highest BCUT2D eigenvalue weighted by Crippen LogP contribution is 1.91. The molecule has 0 fully saturated rings. The number of nitrogens with zero attached hydrogens (tertiary/aromatic N) is 1. The number of hydrogen-bond acceptors (Lipinski definition) is 5. The molecule has 0 spiro atoms. The molecular formula is C9H14ClNO5. The van der Waals surface area contributed by atoms with Crippen LogP contribution in [0.25, 0.3) is 0 Å². The Kier molecular flexibility index (Phi) is 7.28. The van der Waals surface area contributed by atoms with E-state index in [0.717, 1.165) is 4.90 Å². The van der Waals surface area contributed by atoms with E-state index in [-0.39, 0.29) is 19.0 Å². The van der Waals surface area contributed by atoms with Gasteiger partial charge in [0.05, 0.1) is 6.61 Å². The quantitative estimate of drug-likeness (QED) is 0.482. The fraction of sp³-hybridized carbons (Fsp3) is 0.667. The first kappa shape index (κ1) is 14.7. The maximum Gasteiger partial charge on any atom is 0.344 e. The number of ether oxygens (including phenoxy) is 2. The molecule has 0 aromatic carbocycles. The Balaban J connectivity index is 3.82. The Morgan fingerprint density at radius 1 is 1.19 bits per heavy atom. The lowest BCUT2D eigenvalue weighted by molar-refractivity contribution is -0.159. The van der Waals surface area contributed by atoms with E-state index >= 15 is 0 Å². The van der Waals surface area contributed by atoms with Gasteiger partial charge < -0.3 is 14.4 Å². The van der Waals surface area contributed by atoms with Crippen LogP contribution in [0.3, 0.4) is 0 Å². The van der Waals surface area contributed by atoms with Gasteiger partial charge in [0.25, 0.3) is 0 Å². The fourth-order valence-electron chi connectivity index (χ4n) is 0.772. The summed E-state index contributed by atoms with van der Waals surface area (Å²) in [6.45, 7) is 1.17. The molecule has 0 bridgehead atoms. The summed E-state index contributed by atoms with van der Waals surface area (Å²) in [4.78, 5) is 34.0. The number of alkyl halides is 1. The smallest absolute Gasteiger partial charge is 0.344 e. The van der Waals surface area contributed by atoms with Gasteiger partial charge in [-0.15, -0.1) is 11.6 Å². The molecule has 0 N–H and O–H groups in total. The molecular weight excluding hydrogens is 238 g/mol. The molecule has 1 amide bonds. The number of hydrogen-bond donors (Lipinski definition) is 0. The van der Waals surface area contributed by atoms with Crippen molar-refractivity contribution in [2.24, 2.45) is 0 Å². The van der Waals surface area contributed by atoms with E-state index in [4.69, 9.17) is 11.6 Å².